The fourth-order valence-corrected chi connectivity index (χ4v) is 2.37. The minimum Gasteiger partial charge on any atom is -0.497 e. The van der Waals surface area contributed by atoms with Gasteiger partial charge >= 0.3 is 0 Å². The lowest BCUT2D eigenvalue weighted by Gasteiger charge is -2.07. The Morgan fingerprint density at radius 1 is 1.47 bits per heavy atom. The molecule has 0 aliphatic carbocycles. The van der Waals surface area contributed by atoms with Crippen LogP contribution >= 0.6 is 10.7 Å². The zero-order valence-electron chi connectivity index (χ0n) is 8.45. The Morgan fingerprint density at radius 2 is 2.07 bits per heavy atom. The van der Waals surface area contributed by atoms with Gasteiger partial charge in [-0.05, 0) is 18.6 Å². The summed E-state index contributed by atoms with van der Waals surface area (Å²) in [4.78, 5) is 0.0832. The molecule has 0 aliphatic rings. The molecule has 0 spiro atoms. The molecule has 0 bridgehead atoms. The summed E-state index contributed by atoms with van der Waals surface area (Å²) in [5.74, 6) is 0.400. The third kappa shape index (κ3) is 2.73. The van der Waals surface area contributed by atoms with Crippen LogP contribution < -0.4 is 0 Å². The van der Waals surface area contributed by atoms with Crippen molar-refractivity contribution in [2.24, 2.45) is 0 Å². The molecule has 0 unspecified atom stereocenters. The Hall–Kier alpha value is -1.00. The number of aryl methyl sites for hydroxylation is 1. The Kier molecular flexibility index (Phi) is 3.42. The van der Waals surface area contributed by atoms with Crippen LogP contribution in [0.25, 0.3) is 5.76 Å². The molecule has 0 aliphatic heterocycles. The van der Waals surface area contributed by atoms with Gasteiger partial charge in [-0.15, -0.1) is 0 Å². The highest BCUT2D eigenvalue weighted by Gasteiger charge is 2.14. The summed E-state index contributed by atoms with van der Waals surface area (Å²) in [7, 11) is 3.03. The van der Waals surface area contributed by atoms with Gasteiger partial charge in [0.15, 0.2) is 0 Å². The molecule has 0 aromatic heterocycles. The summed E-state index contributed by atoms with van der Waals surface area (Å²) in [5, 5.41) is 0. The van der Waals surface area contributed by atoms with Crippen LogP contribution in [0.3, 0.4) is 0 Å². The third-order valence-electron chi connectivity index (χ3n) is 2.02. The number of methoxy groups -OCH3 is 1. The molecule has 5 heteroatoms. The van der Waals surface area contributed by atoms with Gasteiger partial charge in [0.2, 0.25) is 0 Å². The molecule has 3 nitrogen and oxygen atoms in total. The smallest absolute Gasteiger partial charge is 0.261 e. The van der Waals surface area contributed by atoms with E-state index in [1.54, 1.807) is 19.1 Å². The first kappa shape index (κ1) is 12.1. The number of halogens is 1. The van der Waals surface area contributed by atoms with Gasteiger partial charge in [-0.25, -0.2) is 8.42 Å². The first-order chi connectivity index (χ1) is 6.86. The summed E-state index contributed by atoms with van der Waals surface area (Å²) >= 11 is 0. The maximum absolute atomic E-state index is 11.2. The fourth-order valence-electron chi connectivity index (χ4n) is 1.15. The van der Waals surface area contributed by atoms with E-state index in [1.165, 1.54) is 13.2 Å². The Bertz CT molecular complexity index is 491. The average Bonchev–Trinajstić information content (AvgIpc) is 2.15. The largest absolute Gasteiger partial charge is 0.497 e. The second kappa shape index (κ2) is 4.24. The molecule has 15 heavy (non-hydrogen) atoms. The lowest BCUT2D eigenvalue weighted by atomic mass is 10.1. The van der Waals surface area contributed by atoms with Crippen LogP contribution in [0.15, 0.2) is 29.7 Å². The van der Waals surface area contributed by atoms with E-state index < -0.39 is 9.05 Å². The molecule has 0 saturated heterocycles. The van der Waals surface area contributed by atoms with E-state index in [2.05, 4.69) is 6.58 Å². The van der Waals surface area contributed by atoms with Gasteiger partial charge in [0, 0.05) is 16.2 Å². The van der Waals surface area contributed by atoms with E-state index >= 15 is 0 Å². The number of benzene rings is 1. The summed E-state index contributed by atoms with van der Waals surface area (Å²) in [5.41, 5.74) is 1.19. The molecular weight excluding hydrogens is 236 g/mol. The van der Waals surface area contributed by atoms with E-state index in [-0.39, 0.29) is 4.90 Å². The molecule has 1 rings (SSSR count). The molecule has 0 saturated carbocycles. The monoisotopic (exact) mass is 246 g/mol. The van der Waals surface area contributed by atoms with E-state index in [9.17, 15) is 8.42 Å². The highest BCUT2D eigenvalue weighted by Crippen LogP contribution is 2.24. The second-order valence-electron chi connectivity index (χ2n) is 3.05. The van der Waals surface area contributed by atoms with Crippen molar-refractivity contribution in [3.63, 3.8) is 0 Å². The Balaban J connectivity index is 3.36. The summed E-state index contributed by atoms with van der Waals surface area (Å²) < 4.78 is 27.3. The third-order valence-corrected chi connectivity index (χ3v) is 3.48. The van der Waals surface area contributed by atoms with Crippen LogP contribution in [-0.4, -0.2) is 15.5 Å². The van der Waals surface area contributed by atoms with Crippen molar-refractivity contribution in [3.8, 4) is 0 Å². The summed E-state index contributed by atoms with van der Waals surface area (Å²) in [6.45, 7) is 5.31. The zero-order valence-corrected chi connectivity index (χ0v) is 10.0. The Labute approximate surface area is 93.7 Å². The van der Waals surface area contributed by atoms with Gasteiger partial charge in [-0.2, -0.15) is 0 Å². The maximum Gasteiger partial charge on any atom is 0.261 e. The number of rotatable bonds is 3. The van der Waals surface area contributed by atoms with Crippen molar-refractivity contribution in [1.82, 2.24) is 0 Å². The van der Waals surface area contributed by atoms with E-state index in [0.29, 0.717) is 16.9 Å². The topological polar surface area (TPSA) is 43.4 Å². The van der Waals surface area contributed by atoms with Crippen molar-refractivity contribution in [1.29, 1.82) is 0 Å². The van der Waals surface area contributed by atoms with Gasteiger partial charge in [0.25, 0.3) is 9.05 Å². The molecular formula is C10H11ClO3S. The normalized spacial score (nSPS) is 11.1. The van der Waals surface area contributed by atoms with Gasteiger partial charge in [0.05, 0.1) is 12.0 Å². The molecule has 0 fully saturated rings. The molecule has 0 N–H and O–H groups in total. The minimum atomic E-state index is -3.72. The van der Waals surface area contributed by atoms with Crippen LogP contribution in [-0.2, 0) is 13.8 Å². The first-order valence-electron chi connectivity index (χ1n) is 4.15. The molecule has 1 aromatic carbocycles. The fraction of sp³-hybridized carbons (Fsp3) is 0.200. The van der Waals surface area contributed by atoms with E-state index in [0.717, 1.165) is 0 Å². The standard InChI is InChI=1S/C10H11ClO3S/c1-7-4-5-9(8(2)14-3)6-10(7)15(11,12)13/h4-6H,2H2,1,3H3. The quantitative estimate of drug-likeness (QED) is 0.608. The van der Waals surface area contributed by atoms with Crippen LogP contribution in [0.4, 0.5) is 0 Å². The highest BCUT2D eigenvalue weighted by atomic mass is 35.7. The van der Waals surface area contributed by atoms with Crippen molar-refractivity contribution >= 4 is 25.5 Å². The highest BCUT2D eigenvalue weighted by molar-refractivity contribution is 8.13. The summed E-state index contributed by atoms with van der Waals surface area (Å²) in [6, 6.07) is 4.84. The van der Waals surface area contributed by atoms with Crippen molar-refractivity contribution in [2.45, 2.75) is 11.8 Å². The van der Waals surface area contributed by atoms with Gasteiger partial charge in [-0.3, -0.25) is 0 Å². The van der Waals surface area contributed by atoms with Gasteiger partial charge < -0.3 is 4.74 Å². The zero-order chi connectivity index (χ0) is 11.6. The van der Waals surface area contributed by atoms with E-state index in [1.807, 2.05) is 0 Å². The van der Waals surface area contributed by atoms with Crippen molar-refractivity contribution in [2.75, 3.05) is 7.11 Å². The molecule has 82 valence electrons. The lowest BCUT2D eigenvalue weighted by Crippen LogP contribution is -1.96. The van der Waals surface area contributed by atoms with Crippen molar-refractivity contribution < 1.29 is 13.2 Å². The Morgan fingerprint density at radius 3 is 2.53 bits per heavy atom. The van der Waals surface area contributed by atoms with Gasteiger partial charge in [0.1, 0.15) is 5.76 Å². The SMILES string of the molecule is C=C(OC)c1ccc(C)c(S(=O)(=O)Cl)c1. The van der Waals surface area contributed by atoms with Gasteiger partial charge in [-0.1, -0.05) is 18.7 Å². The predicted molar refractivity (Wildman–Crippen MR) is 60.3 cm³/mol. The number of ether oxygens (including phenoxy) is 1. The average molecular weight is 247 g/mol. The molecule has 0 atom stereocenters. The number of hydrogen-bond donors (Lipinski definition) is 0. The lowest BCUT2D eigenvalue weighted by molar-refractivity contribution is 0.371. The summed E-state index contributed by atoms with van der Waals surface area (Å²) in [6.07, 6.45) is 0. The van der Waals surface area contributed by atoms with Crippen LogP contribution in [0, 0.1) is 6.92 Å². The molecule has 0 amide bonds. The minimum absolute atomic E-state index is 0.0832. The predicted octanol–water partition coefficient (Wildman–Crippen LogP) is 2.54. The maximum atomic E-state index is 11.2. The van der Waals surface area contributed by atoms with Crippen LogP contribution in [0.5, 0.6) is 0 Å². The van der Waals surface area contributed by atoms with Crippen LogP contribution in [0.2, 0.25) is 0 Å². The van der Waals surface area contributed by atoms with Crippen LogP contribution in [0.1, 0.15) is 11.1 Å². The second-order valence-corrected chi connectivity index (χ2v) is 5.58. The van der Waals surface area contributed by atoms with E-state index in [4.69, 9.17) is 15.4 Å². The molecule has 1 aromatic rings. The van der Waals surface area contributed by atoms with Crippen molar-refractivity contribution in [3.05, 3.63) is 35.9 Å². The first-order valence-corrected chi connectivity index (χ1v) is 6.46. The molecule has 0 radical (unpaired) electrons. The molecule has 0 heterocycles. The number of hydrogen-bond acceptors (Lipinski definition) is 3.